The third-order valence-corrected chi connectivity index (χ3v) is 2.88. The zero-order chi connectivity index (χ0) is 13.4. The maximum Gasteiger partial charge on any atom is 0.250 e. The van der Waals surface area contributed by atoms with E-state index >= 15 is 0 Å². The van der Waals surface area contributed by atoms with Crippen LogP contribution in [0.4, 0.5) is 5.69 Å². The monoisotopic (exact) mass is 315 g/mol. The summed E-state index contributed by atoms with van der Waals surface area (Å²) in [4.78, 5) is 11.6. The zero-order valence-electron chi connectivity index (χ0n) is 10.7. The van der Waals surface area contributed by atoms with Crippen molar-refractivity contribution < 1.29 is 14.3 Å². The van der Waals surface area contributed by atoms with Crippen molar-refractivity contribution >= 4 is 27.5 Å². The summed E-state index contributed by atoms with van der Waals surface area (Å²) in [5.74, 6) is -0.150. The number of anilines is 1. The Kier molecular flexibility index (Phi) is 6.93. The number of nitrogens with one attached hydrogen (secondary N) is 1. The molecule has 0 saturated carbocycles. The van der Waals surface area contributed by atoms with Crippen LogP contribution in [0, 0.1) is 0 Å². The molecule has 0 radical (unpaired) electrons. The van der Waals surface area contributed by atoms with Crippen LogP contribution in [0.5, 0.6) is 0 Å². The standard InChI is InChI=1S/C13H18BrNO3/c1-3-10-8-11(14)4-5-12(10)15-13(16)9-18-7-6-17-2/h4-5,8H,3,6-7,9H2,1-2H3,(H,15,16). The largest absolute Gasteiger partial charge is 0.382 e. The number of ether oxygens (including phenoxy) is 2. The quantitative estimate of drug-likeness (QED) is 0.787. The van der Waals surface area contributed by atoms with Gasteiger partial charge in [0, 0.05) is 17.3 Å². The molecule has 0 fully saturated rings. The summed E-state index contributed by atoms with van der Waals surface area (Å²) in [6.07, 6.45) is 0.861. The number of carbonyl (C=O) groups is 1. The summed E-state index contributed by atoms with van der Waals surface area (Å²) in [6.45, 7) is 3.01. The van der Waals surface area contributed by atoms with Gasteiger partial charge in [-0.1, -0.05) is 22.9 Å². The van der Waals surface area contributed by atoms with E-state index in [1.165, 1.54) is 0 Å². The smallest absolute Gasteiger partial charge is 0.250 e. The topological polar surface area (TPSA) is 47.6 Å². The van der Waals surface area contributed by atoms with Crippen LogP contribution >= 0.6 is 15.9 Å². The molecular formula is C13H18BrNO3. The van der Waals surface area contributed by atoms with Crippen LogP contribution in [0.1, 0.15) is 12.5 Å². The van der Waals surface area contributed by atoms with Gasteiger partial charge in [0.25, 0.3) is 0 Å². The fourth-order valence-electron chi connectivity index (χ4n) is 1.47. The molecule has 0 aromatic heterocycles. The lowest BCUT2D eigenvalue weighted by atomic mass is 10.1. The Hall–Kier alpha value is -0.910. The lowest BCUT2D eigenvalue weighted by Gasteiger charge is -2.10. The van der Waals surface area contributed by atoms with Gasteiger partial charge >= 0.3 is 0 Å². The average Bonchev–Trinajstić information content (AvgIpc) is 2.37. The second-order valence-corrected chi connectivity index (χ2v) is 4.66. The molecule has 1 N–H and O–H groups in total. The molecule has 0 saturated heterocycles. The first kappa shape index (κ1) is 15.1. The maximum atomic E-state index is 11.6. The number of carbonyl (C=O) groups excluding carboxylic acids is 1. The van der Waals surface area contributed by atoms with Crippen molar-refractivity contribution in [2.45, 2.75) is 13.3 Å². The van der Waals surface area contributed by atoms with Gasteiger partial charge in [-0.3, -0.25) is 4.79 Å². The predicted molar refractivity (Wildman–Crippen MR) is 74.8 cm³/mol. The normalized spacial score (nSPS) is 10.4. The van der Waals surface area contributed by atoms with Crippen molar-refractivity contribution in [2.24, 2.45) is 0 Å². The number of hydrogen-bond acceptors (Lipinski definition) is 3. The molecule has 0 aliphatic carbocycles. The Labute approximate surface area is 116 Å². The number of aryl methyl sites for hydroxylation is 1. The second-order valence-electron chi connectivity index (χ2n) is 3.75. The predicted octanol–water partition coefficient (Wildman–Crippen LogP) is 2.61. The van der Waals surface area contributed by atoms with Crippen LogP contribution in [0.3, 0.4) is 0 Å². The van der Waals surface area contributed by atoms with E-state index in [0.717, 1.165) is 22.1 Å². The summed E-state index contributed by atoms with van der Waals surface area (Å²) < 4.78 is 11.0. The Morgan fingerprint density at radius 2 is 2.17 bits per heavy atom. The molecular weight excluding hydrogens is 298 g/mol. The van der Waals surface area contributed by atoms with Gasteiger partial charge in [0.05, 0.1) is 13.2 Å². The van der Waals surface area contributed by atoms with Gasteiger partial charge in [-0.2, -0.15) is 0 Å². The SMILES string of the molecule is CCc1cc(Br)ccc1NC(=O)COCCOC. The summed E-state index contributed by atoms with van der Waals surface area (Å²) in [5.41, 5.74) is 1.93. The van der Waals surface area contributed by atoms with E-state index in [0.29, 0.717) is 13.2 Å². The Morgan fingerprint density at radius 3 is 2.83 bits per heavy atom. The average molecular weight is 316 g/mol. The van der Waals surface area contributed by atoms with E-state index in [-0.39, 0.29) is 12.5 Å². The molecule has 1 rings (SSSR count). The lowest BCUT2D eigenvalue weighted by molar-refractivity contribution is -0.121. The summed E-state index contributed by atoms with van der Waals surface area (Å²) >= 11 is 3.41. The minimum atomic E-state index is -0.150. The zero-order valence-corrected chi connectivity index (χ0v) is 12.2. The first-order valence-electron chi connectivity index (χ1n) is 5.82. The second kappa shape index (κ2) is 8.24. The third kappa shape index (κ3) is 5.16. The van der Waals surface area contributed by atoms with E-state index in [4.69, 9.17) is 9.47 Å². The number of hydrogen-bond donors (Lipinski definition) is 1. The van der Waals surface area contributed by atoms with Crippen molar-refractivity contribution in [3.05, 3.63) is 28.2 Å². The van der Waals surface area contributed by atoms with Crippen molar-refractivity contribution in [3.63, 3.8) is 0 Å². The maximum absolute atomic E-state index is 11.6. The lowest BCUT2D eigenvalue weighted by Crippen LogP contribution is -2.20. The van der Waals surface area contributed by atoms with Crippen molar-refractivity contribution in [2.75, 3.05) is 32.2 Å². The van der Waals surface area contributed by atoms with E-state index in [1.807, 2.05) is 25.1 Å². The molecule has 0 atom stereocenters. The Balaban J connectivity index is 2.48. The Bertz CT molecular complexity index is 396. The minimum Gasteiger partial charge on any atom is -0.382 e. The highest BCUT2D eigenvalue weighted by molar-refractivity contribution is 9.10. The van der Waals surface area contributed by atoms with E-state index in [9.17, 15) is 4.79 Å². The van der Waals surface area contributed by atoms with Crippen LogP contribution in [-0.4, -0.2) is 32.8 Å². The first-order valence-corrected chi connectivity index (χ1v) is 6.61. The van der Waals surface area contributed by atoms with E-state index < -0.39 is 0 Å². The molecule has 1 amide bonds. The number of benzene rings is 1. The van der Waals surface area contributed by atoms with Crippen LogP contribution in [0.2, 0.25) is 0 Å². The number of halogens is 1. The van der Waals surface area contributed by atoms with Gasteiger partial charge in [0.15, 0.2) is 0 Å². The molecule has 0 aliphatic rings. The van der Waals surface area contributed by atoms with E-state index in [2.05, 4.69) is 21.2 Å². The molecule has 0 unspecified atom stereocenters. The van der Waals surface area contributed by atoms with Crippen LogP contribution in [0.25, 0.3) is 0 Å². The van der Waals surface area contributed by atoms with Gasteiger partial charge < -0.3 is 14.8 Å². The molecule has 5 heteroatoms. The summed E-state index contributed by atoms with van der Waals surface area (Å²) in [7, 11) is 1.60. The molecule has 0 bridgehead atoms. The molecule has 4 nitrogen and oxygen atoms in total. The first-order chi connectivity index (χ1) is 8.67. The number of amides is 1. The molecule has 0 spiro atoms. The van der Waals surface area contributed by atoms with Gasteiger partial charge in [-0.15, -0.1) is 0 Å². The summed E-state index contributed by atoms with van der Waals surface area (Å²) in [5, 5.41) is 2.84. The fraction of sp³-hybridized carbons (Fsp3) is 0.462. The van der Waals surface area contributed by atoms with E-state index in [1.54, 1.807) is 7.11 Å². The van der Waals surface area contributed by atoms with Gasteiger partial charge in [-0.25, -0.2) is 0 Å². The van der Waals surface area contributed by atoms with Crippen LogP contribution in [-0.2, 0) is 20.7 Å². The van der Waals surface area contributed by atoms with Gasteiger partial charge in [0.1, 0.15) is 6.61 Å². The van der Waals surface area contributed by atoms with Crippen molar-refractivity contribution in [1.82, 2.24) is 0 Å². The molecule has 18 heavy (non-hydrogen) atoms. The van der Waals surface area contributed by atoms with Gasteiger partial charge in [0.2, 0.25) is 5.91 Å². The summed E-state index contributed by atoms with van der Waals surface area (Å²) in [6, 6.07) is 5.79. The molecule has 1 aromatic carbocycles. The third-order valence-electron chi connectivity index (χ3n) is 2.39. The van der Waals surface area contributed by atoms with Crippen molar-refractivity contribution in [3.8, 4) is 0 Å². The fourth-order valence-corrected chi connectivity index (χ4v) is 1.88. The molecule has 0 aliphatic heterocycles. The minimum absolute atomic E-state index is 0.0442. The molecule has 100 valence electrons. The molecule has 0 heterocycles. The Morgan fingerprint density at radius 1 is 1.39 bits per heavy atom. The van der Waals surface area contributed by atoms with Crippen LogP contribution < -0.4 is 5.32 Å². The highest BCUT2D eigenvalue weighted by Crippen LogP contribution is 2.21. The highest BCUT2D eigenvalue weighted by Gasteiger charge is 2.06. The van der Waals surface area contributed by atoms with Crippen LogP contribution in [0.15, 0.2) is 22.7 Å². The van der Waals surface area contributed by atoms with Crippen molar-refractivity contribution in [1.29, 1.82) is 0 Å². The number of rotatable bonds is 7. The molecule has 1 aromatic rings. The van der Waals surface area contributed by atoms with Gasteiger partial charge in [-0.05, 0) is 30.2 Å². The highest BCUT2D eigenvalue weighted by atomic mass is 79.9. The number of methoxy groups -OCH3 is 1.